The molecule has 28 heavy (non-hydrogen) atoms. The van der Waals surface area contributed by atoms with Gasteiger partial charge in [-0.25, -0.2) is 0 Å². The highest BCUT2D eigenvalue weighted by Gasteiger charge is 2.18. The third kappa shape index (κ3) is 4.09. The topological polar surface area (TPSA) is 111 Å². The summed E-state index contributed by atoms with van der Waals surface area (Å²) in [4.78, 5) is 20.4. The summed E-state index contributed by atoms with van der Waals surface area (Å²) in [6.07, 6.45) is 2.90. The number of hydrogen-bond acceptors (Lipinski definition) is 8. The Balaban J connectivity index is 2.05. The fraction of sp³-hybridized carbons (Fsp3) is 0.263. The molecule has 0 aliphatic rings. The molecule has 0 bridgehead atoms. The molecule has 146 valence electrons. The predicted molar refractivity (Wildman–Crippen MR) is 103 cm³/mol. The second kappa shape index (κ2) is 8.96. The second-order valence-corrected chi connectivity index (χ2v) is 5.56. The summed E-state index contributed by atoms with van der Waals surface area (Å²) < 4.78 is 38.4. The smallest absolute Gasteiger partial charge is 0.254 e. The number of carbonyl (C=O) groups is 1. The molecule has 2 N–H and O–H groups in total. The number of para-hydroxylation sites is 1. The van der Waals surface area contributed by atoms with E-state index in [9.17, 15) is 4.79 Å². The minimum atomic E-state index is -2.74. The number of nitrogens with zero attached hydrogens (tertiary/aromatic N) is 3. The van der Waals surface area contributed by atoms with Crippen molar-refractivity contribution in [2.75, 3.05) is 26.0 Å². The molecule has 3 aromatic rings. The molecule has 9 nitrogen and oxygen atoms in total. The van der Waals surface area contributed by atoms with E-state index in [2.05, 4.69) is 25.8 Å². The van der Waals surface area contributed by atoms with Crippen LogP contribution in [0.5, 0.6) is 5.75 Å². The molecule has 3 rings (SSSR count). The summed E-state index contributed by atoms with van der Waals surface area (Å²) in [5.41, 5.74) is 1.27. The number of rotatable bonds is 8. The molecule has 0 aliphatic heterocycles. The van der Waals surface area contributed by atoms with Crippen LogP contribution in [0.3, 0.4) is 0 Å². The van der Waals surface area contributed by atoms with Gasteiger partial charge in [0, 0.05) is 26.0 Å². The number of hydrogen-bond donors (Lipinski definition) is 2. The van der Waals surface area contributed by atoms with Crippen molar-refractivity contribution in [3.05, 3.63) is 48.1 Å². The number of pyridine rings is 1. The Morgan fingerprint density at radius 3 is 3.00 bits per heavy atom. The summed E-state index contributed by atoms with van der Waals surface area (Å²) in [6, 6.07) is 6.47. The Labute approximate surface area is 166 Å². The van der Waals surface area contributed by atoms with Gasteiger partial charge in [0.1, 0.15) is 6.61 Å². The van der Waals surface area contributed by atoms with Crippen LogP contribution in [0.25, 0.3) is 11.4 Å². The van der Waals surface area contributed by atoms with Gasteiger partial charge in [-0.1, -0.05) is 11.2 Å². The monoisotopic (exact) mass is 386 g/mol. The van der Waals surface area contributed by atoms with E-state index in [-0.39, 0.29) is 35.5 Å². The Kier molecular flexibility index (Phi) is 4.99. The summed E-state index contributed by atoms with van der Waals surface area (Å²) in [5, 5.41) is 9.48. The Morgan fingerprint density at radius 2 is 2.21 bits per heavy atom. The first-order valence-corrected chi connectivity index (χ1v) is 8.48. The number of aromatic nitrogens is 3. The first-order valence-electron chi connectivity index (χ1n) is 9.98. The first kappa shape index (κ1) is 15.6. The van der Waals surface area contributed by atoms with Crippen LogP contribution in [0.2, 0.25) is 0 Å². The normalized spacial score (nSPS) is 12.6. The lowest BCUT2D eigenvalue weighted by molar-refractivity contribution is 0.0963. The Morgan fingerprint density at radius 1 is 1.32 bits per heavy atom. The molecule has 0 aliphatic carbocycles. The van der Waals surface area contributed by atoms with E-state index in [0.29, 0.717) is 23.5 Å². The summed E-state index contributed by atoms with van der Waals surface area (Å²) in [6.45, 7) is 2.44. The van der Waals surface area contributed by atoms with Gasteiger partial charge >= 0.3 is 0 Å². The zero-order valence-electron chi connectivity index (χ0n) is 18.4. The SMILES string of the molecule is [2H]C([2H])([2H])Oc1c(Nc2ccncc2C(=O)NC)cccc1-c1noc(COCC)n1. The molecule has 0 saturated heterocycles. The standard InChI is InChI=1S/C19H21N5O4/c1-4-27-11-16-23-18(24-28-16)12-6-5-7-15(17(12)26-3)22-14-8-9-21-10-13(14)19(25)20-2/h5-10H,4,11H2,1-3H3,(H,20,25)(H,21,22)/i3D3. The van der Waals surface area contributed by atoms with Crippen LogP contribution in [0.1, 0.15) is 27.3 Å². The van der Waals surface area contributed by atoms with Gasteiger partial charge in [-0.2, -0.15) is 4.98 Å². The lowest BCUT2D eigenvalue weighted by Gasteiger charge is -2.15. The molecule has 1 aromatic carbocycles. The van der Waals surface area contributed by atoms with Crippen molar-refractivity contribution in [3.8, 4) is 17.1 Å². The molecule has 0 unspecified atom stereocenters. The van der Waals surface area contributed by atoms with Crippen molar-refractivity contribution in [2.24, 2.45) is 0 Å². The Hall–Kier alpha value is -3.46. The molecule has 2 heterocycles. The number of carbonyl (C=O) groups excluding carboxylic acids is 1. The van der Waals surface area contributed by atoms with E-state index in [1.807, 2.05) is 6.92 Å². The van der Waals surface area contributed by atoms with Gasteiger partial charge in [0.2, 0.25) is 5.82 Å². The third-order valence-electron chi connectivity index (χ3n) is 3.82. The lowest BCUT2D eigenvalue weighted by Crippen LogP contribution is -2.19. The van der Waals surface area contributed by atoms with E-state index in [4.69, 9.17) is 18.1 Å². The molecule has 2 aromatic heterocycles. The Bertz CT molecular complexity index is 1060. The maximum Gasteiger partial charge on any atom is 0.254 e. The quantitative estimate of drug-likeness (QED) is 0.608. The number of nitrogens with one attached hydrogen (secondary N) is 2. The highest BCUT2D eigenvalue weighted by Crippen LogP contribution is 2.37. The maximum atomic E-state index is 12.2. The number of benzene rings is 1. The van der Waals surface area contributed by atoms with Gasteiger partial charge in [0.25, 0.3) is 11.8 Å². The zero-order chi connectivity index (χ0) is 22.4. The highest BCUT2D eigenvalue weighted by molar-refractivity contribution is 6.00. The van der Waals surface area contributed by atoms with Crippen molar-refractivity contribution in [2.45, 2.75) is 13.5 Å². The average molecular weight is 386 g/mol. The van der Waals surface area contributed by atoms with Crippen LogP contribution in [0.4, 0.5) is 11.4 Å². The fourth-order valence-electron chi connectivity index (χ4n) is 2.50. The van der Waals surface area contributed by atoms with E-state index in [1.165, 1.54) is 19.4 Å². The lowest BCUT2D eigenvalue weighted by atomic mass is 10.1. The van der Waals surface area contributed by atoms with E-state index in [0.717, 1.165) is 0 Å². The summed E-state index contributed by atoms with van der Waals surface area (Å²) in [7, 11) is -1.24. The van der Waals surface area contributed by atoms with Gasteiger partial charge in [-0.05, 0) is 25.1 Å². The van der Waals surface area contributed by atoms with Crippen LogP contribution in [-0.4, -0.2) is 41.7 Å². The van der Waals surface area contributed by atoms with Gasteiger partial charge < -0.3 is 24.6 Å². The van der Waals surface area contributed by atoms with Gasteiger partial charge in [-0.15, -0.1) is 0 Å². The fourth-order valence-corrected chi connectivity index (χ4v) is 2.50. The maximum absolute atomic E-state index is 12.2. The molecule has 9 heteroatoms. The van der Waals surface area contributed by atoms with Crippen LogP contribution in [0.15, 0.2) is 41.2 Å². The molecule has 0 radical (unpaired) electrons. The molecule has 1 amide bonds. The predicted octanol–water partition coefficient (Wildman–Crippen LogP) is 2.78. The molecule has 0 fully saturated rings. The number of anilines is 2. The zero-order valence-corrected chi connectivity index (χ0v) is 15.4. The largest absolute Gasteiger partial charge is 0.494 e. The molecule has 0 saturated carbocycles. The van der Waals surface area contributed by atoms with Crippen LogP contribution >= 0.6 is 0 Å². The number of ether oxygens (including phenoxy) is 2. The third-order valence-corrected chi connectivity index (χ3v) is 3.82. The van der Waals surface area contributed by atoms with Crippen LogP contribution in [0, 0.1) is 0 Å². The number of amides is 1. The van der Waals surface area contributed by atoms with Crippen molar-refractivity contribution in [1.29, 1.82) is 0 Å². The summed E-state index contributed by atoms with van der Waals surface area (Å²) in [5.74, 6) is -0.000328. The first-order chi connectivity index (χ1) is 14.8. The molecule has 0 atom stereocenters. The van der Waals surface area contributed by atoms with E-state index in [1.54, 1.807) is 24.3 Å². The number of methoxy groups -OCH3 is 1. The van der Waals surface area contributed by atoms with Crippen molar-refractivity contribution in [1.82, 2.24) is 20.4 Å². The van der Waals surface area contributed by atoms with Crippen molar-refractivity contribution >= 4 is 17.3 Å². The molecular weight excluding hydrogens is 362 g/mol. The van der Waals surface area contributed by atoms with Gasteiger partial charge in [-0.3, -0.25) is 9.78 Å². The van der Waals surface area contributed by atoms with Crippen LogP contribution < -0.4 is 15.4 Å². The van der Waals surface area contributed by atoms with Gasteiger partial charge in [0.05, 0.1) is 33.7 Å². The van der Waals surface area contributed by atoms with E-state index >= 15 is 0 Å². The minimum absolute atomic E-state index is 0.0223. The molecular formula is C19H21N5O4. The highest BCUT2D eigenvalue weighted by atomic mass is 16.5. The molecule has 0 spiro atoms. The van der Waals surface area contributed by atoms with E-state index < -0.39 is 7.04 Å². The summed E-state index contributed by atoms with van der Waals surface area (Å²) >= 11 is 0. The minimum Gasteiger partial charge on any atom is -0.494 e. The average Bonchev–Trinajstić information content (AvgIpc) is 3.21. The van der Waals surface area contributed by atoms with Crippen molar-refractivity contribution in [3.63, 3.8) is 0 Å². The van der Waals surface area contributed by atoms with Crippen LogP contribution in [-0.2, 0) is 11.3 Å². The second-order valence-electron chi connectivity index (χ2n) is 5.56. The van der Waals surface area contributed by atoms with Gasteiger partial charge in [0.15, 0.2) is 5.75 Å². The van der Waals surface area contributed by atoms with Crippen molar-refractivity contribution < 1.29 is 22.9 Å².